The first kappa shape index (κ1) is 16.6. The van der Waals surface area contributed by atoms with Crippen molar-refractivity contribution in [3.05, 3.63) is 59.7 Å². The van der Waals surface area contributed by atoms with Crippen molar-refractivity contribution in [1.29, 1.82) is 0 Å². The molecule has 0 radical (unpaired) electrons. The van der Waals surface area contributed by atoms with Crippen LogP contribution in [0.2, 0.25) is 0 Å². The summed E-state index contributed by atoms with van der Waals surface area (Å²) in [6.45, 7) is 4.29. The van der Waals surface area contributed by atoms with Crippen LogP contribution >= 0.6 is 0 Å². The molecule has 1 aromatic carbocycles. The minimum absolute atomic E-state index is 0.735. The van der Waals surface area contributed by atoms with E-state index in [1.807, 2.05) is 0 Å². The summed E-state index contributed by atoms with van der Waals surface area (Å²) in [5.74, 6) is 8.06. The Labute approximate surface area is 136 Å². The summed E-state index contributed by atoms with van der Waals surface area (Å²) in [6.07, 6.45) is 16.6. The molecule has 0 aromatic heterocycles. The van der Waals surface area contributed by atoms with Gasteiger partial charge in [-0.25, -0.2) is 0 Å². The van der Waals surface area contributed by atoms with Gasteiger partial charge in [0.15, 0.2) is 0 Å². The van der Waals surface area contributed by atoms with Crippen LogP contribution in [0, 0.1) is 23.7 Å². The number of aryl methyl sites for hydroxylation is 1. The lowest BCUT2D eigenvalue weighted by Gasteiger charge is -2.25. The van der Waals surface area contributed by atoms with E-state index in [2.05, 4.69) is 74.3 Å². The molecule has 1 aliphatic carbocycles. The third-order valence-corrected chi connectivity index (χ3v) is 4.63. The Morgan fingerprint density at radius 3 is 2.45 bits per heavy atom. The highest BCUT2D eigenvalue weighted by Crippen LogP contribution is 2.31. The predicted molar refractivity (Wildman–Crippen MR) is 96.7 cm³/mol. The highest BCUT2D eigenvalue weighted by molar-refractivity contribution is 5.38. The molecule has 0 atom stereocenters. The van der Waals surface area contributed by atoms with Gasteiger partial charge in [0.2, 0.25) is 0 Å². The molecular weight excluding hydrogens is 264 g/mol. The Hall–Kier alpha value is -1.74. The SMILES string of the molecule is C/C=C/CC1CCC(/C=C/C#Cc2ccc(CC)cc2)CC1. The summed E-state index contributed by atoms with van der Waals surface area (Å²) >= 11 is 0. The van der Waals surface area contributed by atoms with Gasteiger partial charge in [0.1, 0.15) is 0 Å². The highest BCUT2D eigenvalue weighted by Gasteiger charge is 2.17. The fourth-order valence-electron chi connectivity index (χ4n) is 3.08. The summed E-state index contributed by atoms with van der Waals surface area (Å²) < 4.78 is 0. The van der Waals surface area contributed by atoms with Gasteiger partial charge in [-0.15, -0.1) is 0 Å². The van der Waals surface area contributed by atoms with Gasteiger partial charge in [-0.3, -0.25) is 0 Å². The molecule has 22 heavy (non-hydrogen) atoms. The molecule has 1 saturated carbocycles. The Balaban J connectivity index is 1.77. The normalized spacial score (nSPS) is 21.9. The predicted octanol–water partition coefficient (Wildman–Crippen LogP) is 5.93. The molecule has 2 rings (SSSR count). The van der Waals surface area contributed by atoms with E-state index in [9.17, 15) is 0 Å². The van der Waals surface area contributed by atoms with Gasteiger partial charge in [-0.2, -0.15) is 0 Å². The zero-order chi connectivity index (χ0) is 15.6. The van der Waals surface area contributed by atoms with Crippen molar-refractivity contribution in [1.82, 2.24) is 0 Å². The average Bonchev–Trinajstić information content (AvgIpc) is 2.58. The Morgan fingerprint density at radius 2 is 1.82 bits per heavy atom. The second-order valence-electron chi connectivity index (χ2n) is 6.26. The van der Waals surface area contributed by atoms with Crippen molar-refractivity contribution in [2.75, 3.05) is 0 Å². The van der Waals surface area contributed by atoms with E-state index in [0.29, 0.717) is 0 Å². The van der Waals surface area contributed by atoms with E-state index in [1.54, 1.807) is 0 Å². The highest BCUT2D eigenvalue weighted by atomic mass is 14.2. The van der Waals surface area contributed by atoms with Gasteiger partial charge >= 0.3 is 0 Å². The van der Waals surface area contributed by atoms with Crippen LogP contribution in [0.5, 0.6) is 0 Å². The maximum absolute atomic E-state index is 3.23. The number of allylic oxidation sites excluding steroid dienone is 4. The lowest BCUT2D eigenvalue weighted by atomic mass is 9.80. The van der Waals surface area contributed by atoms with E-state index in [-0.39, 0.29) is 0 Å². The Kier molecular flexibility index (Phi) is 7.04. The standard InChI is InChI=1S/C22H28/c1-3-5-8-20-15-17-22(18-16-20)10-7-6-9-21-13-11-19(4-2)12-14-21/h3,5,7,10-14,20,22H,4,8,15-18H2,1-2H3/b5-3+,10-7+. The first-order valence-electron chi connectivity index (χ1n) is 8.70. The minimum Gasteiger partial charge on any atom is -0.0917 e. The maximum atomic E-state index is 3.23. The molecule has 0 heteroatoms. The van der Waals surface area contributed by atoms with Crippen molar-refractivity contribution in [3.8, 4) is 11.8 Å². The van der Waals surface area contributed by atoms with Crippen LogP contribution in [0.4, 0.5) is 0 Å². The van der Waals surface area contributed by atoms with Crippen LogP contribution in [0.15, 0.2) is 48.6 Å². The number of benzene rings is 1. The molecule has 0 saturated heterocycles. The lowest BCUT2D eigenvalue weighted by molar-refractivity contribution is 0.312. The van der Waals surface area contributed by atoms with Crippen LogP contribution in [0.25, 0.3) is 0 Å². The smallest absolute Gasteiger partial charge is 0.0249 e. The first-order chi connectivity index (χ1) is 10.8. The molecule has 0 N–H and O–H groups in total. The number of hydrogen-bond donors (Lipinski definition) is 0. The van der Waals surface area contributed by atoms with Crippen LogP contribution in [-0.4, -0.2) is 0 Å². The molecule has 1 aliphatic rings. The molecule has 0 aliphatic heterocycles. The molecule has 0 spiro atoms. The largest absolute Gasteiger partial charge is 0.0917 e. The second kappa shape index (κ2) is 9.31. The average molecular weight is 292 g/mol. The van der Waals surface area contributed by atoms with Gasteiger partial charge in [-0.05, 0) is 81.1 Å². The second-order valence-corrected chi connectivity index (χ2v) is 6.26. The summed E-state index contributed by atoms with van der Waals surface area (Å²) in [5.41, 5.74) is 2.48. The zero-order valence-electron chi connectivity index (χ0n) is 14.0. The molecule has 1 aromatic rings. The monoisotopic (exact) mass is 292 g/mol. The van der Waals surface area contributed by atoms with Crippen LogP contribution in [-0.2, 0) is 6.42 Å². The van der Waals surface area contributed by atoms with Crippen LogP contribution in [0.3, 0.4) is 0 Å². The van der Waals surface area contributed by atoms with E-state index in [4.69, 9.17) is 0 Å². The van der Waals surface area contributed by atoms with E-state index >= 15 is 0 Å². The summed E-state index contributed by atoms with van der Waals surface area (Å²) in [7, 11) is 0. The van der Waals surface area contributed by atoms with Crippen molar-refractivity contribution >= 4 is 0 Å². The molecular formula is C22H28. The molecule has 0 nitrogen and oxygen atoms in total. The molecule has 0 amide bonds. The fourth-order valence-corrected chi connectivity index (χ4v) is 3.08. The summed E-state index contributed by atoms with van der Waals surface area (Å²) in [4.78, 5) is 0. The van der Waals surface area contributed by atoms with Gasteiger partial charge in [0.05, 0.1) is 0 Å². The minimum atomic E-state index is 0.735. The van der Waals surface area contributed by atoms with Gasteiger partial charge in [0, 0.05) is 5.56 Å². The molecule has 0 heterocycles. The number of rotatable bonds is 4. The van der Waals surface area contributed by atoms with Crippen molar-refractivity contribution in [3.63, 3.8) is 0 Å². The summed E-state index contributed by atoms with van der Waals surface area (Å²) in [5, 5.41) is 0. The Bertz CT molecular complexity index is 540. The number of hydrogen-bond acceptors (Lipinski definition) is 0. The van der Waals surface area contributed by atoms with E-state index in [1.165, 1.54) is 37.7 Å². The van der Waals surface area contributed by atoms with E-state index in [0.717, 1.165) is 23.8 Å². The zero-order valence-corrected chi connectivity index (χ0v) is 14.0. The molecule has 116 valence electrons. The maximum Gasteiger partial charge on any atom is 0.0249 e. The van der Waals surface area contributed by atoms with Crippen molar-refractivity contribution in [2.24, 2.45) is 11.8 Å². The third kappa shape index (κ3) is 5.57. The third-order valence-electron chi connectivity index (χ3n) is 4.63. The molecule has 0 unspecified atom stereocenters. The van der Waals surface area contributed by atoms with Crippen LogP contribution < -0.4 is 0 Å². The van der Waals surface area contributed by atoms with Gasteiger partial charge in [-0.1, -0.05) is 49.1 Å². The lowest BCUT2D eigenvalue weighted by Crippen LogP contribution is -2.12. The van der Waals surface area contributed by atoms with Crippen molar-refractivity contribution < 1.29 is 0 Å². The Morgan fingerprint density at radius 1 is 1.09 bits per heavy atom. The fraction of sp³-hybridized carbons (Fsp3) is 0.455. The van der Waals surface area contributed by atoms with Gasteiger partial charge in [0.25, 0.3) is 0 Å². The first-order valence-corrected chi connectivity index (χ1v) is 8.70. The van der Waals surface area contributed by atoms with Gasteiger partial charge < -0.3 is 0 Å². The topological polar surface area (TPSA) is 0 Å². The molecule has 0 bridgehead atoms. The van der Waals surface area contributed by atoms with Crippen molar-refractivity contribution in [2.45, 2.75) is 52.4 Å². The van der Waals surface area contributed by atoms with E-state index < -0.39 is 0 Å². The quantitative estimate of drug-likeness (QED) is 0.476. The molecule has 1 fully saturated rings. The summed E-state index contributed by atoms with van der Waals surface area (Å²) in [6, 6.07) is 8.57. The van der Waals surface area contributed by atoms with Crippen LogP contribution in [0.1, 0.15) is 57.1 Å².